The van der Waals surface area contributed by atoms with Gasteiger partial charge in [0.15, 0.2) is 0 Å². The summed E-state index contributed by atoms with van der Waals surface area (Å²) in [5, 5.41) is 0. The molecule has 1 nitrogen and oxygen atoms in total. The highest BCUT2D eigenvalue weighted by Crippen LogP contribution is 2.37. The van der Waals surface area contributed by atoms with Crippen LogP contribution in [0.3, 0.4) is 0 Å². The van der Waals surface area contributed by atoms with Gasteiger partial charge < -0.3 is 4.74 Å². The molecule has 0 spiro atoms. The van der Waals surface area contributed by atoms with Crippen LogP contribution >= 0.6 is 0 Å². The number of hydrogen-bond donors (Lipinski definition) is 0. The summed E-state index contributed by atoms with van der Waals surface area (Å²) in [4.78, 5) is 0. The van der Waals surface area contributed by atoms with Gasteiger partial charge in [-0.05, 0) is 42.4 Å². The highest BCUT2D eigenvalue weighted by Gasteiger charge is 2.61. The Morgan fingerprint density at radius 1 is 0.821 bits per heavy atom. The summed E-state index contributed by atoms with van der Waals surface area (Å²) in [5.74, 6) is 1.06. The van der Waals surface area contributed by atoms with Gasteiger partial charge in [0.25, 0.3) is 0 Å². The molecule has 0 bridgehead atoms. The summed E-state index contributed by atoms with van der Waals surface area (Å²) >= 11 is 0. The van der Waals surface area contributed by atoms with Crippen LogP contribution < -0.4 is 4.74 Å². The fraction of sp³-hybridized carbons (Fsp3) is 0.727. The monoisotopic (exact) mass is 406 g/mol. The third kappa shape index (κ3) is 7.25. The standard InChI is InChI=1S/C22H31F5O/c1-2-3-4-5-6-17-7-9-18(10-8-17)11-12-19-13-15-20(16-14-19)28-22(26,27)21(23,24)25/h13-18H,2-12H2,1H3/t17-,18-. The van der Waals surface area contributed by atoms with Crippen molar-refractivity contribution in [2.24, 2.45) is 11.8 Å². The first-order valence-corrected chi connectivity index (χ1v) is 10.4. The predicted molar refractivity (Wildman–Crippen MR) is 101 cm³/mol. The summed E-state index contributed by atoms with van der Waals surface area (Å²) in [6.07, 6.45) is 2.60. The van der Waals surface area contributed by atoms with Gasteiger partial charge in [-0.15, -0.1) is 0 Å². The van der Waals surface area contributed by atoms with Crippen LogP contribution in [0.2, 0.25) is 0 Å². The van der Waals surface area contributed by atoms with Gasteiger partial charge in [0.05, 0.1) is 0 Å². The minimum atomic E-state index is -5.72. The summed E-state index contributed by atoms with van der Waals surface area (Å²) in [7, 11) is 0. The van der Waals surface area contributed by atoms with Gasteiger partial charge in [0.2, 0.25) is 0 Å². The number of benzene rings is 1. The van der Waals surface area contributed by atoms with Crippen LogP contribution in [0, 0.1) is 11.8 Å². The molecule has 0 aromatic heterocycles. The number of hydrogen-bond acceptors (Lipinski definition) is 1. The van der Waals surface area contributed by atoms with E-state index in [1.807, 2.05) is 0 Å². The number of aryl methyl sites for hydroxylation is 1. The summed E-state index contributed by atoms with van der Waals surface area (Å²) < 4.78 is 66.2. The van der Waals surface area contributed by atoms with E-state index in [9.17, 15) is 22.0 Å². The van der Waals surface area contributed by atoms with Crippen LogP contribution in [0.25, 0.3) is 0 Å². The molecule has 0 heterocycles. The molecule has 1 aromatic rings. The molecule has 1 saturated carbocycles. The average molecular weight is 406 g/mol. The van der Waals surface area contributed by atoms with Crippen LogP contribution in [0.5, 0.6) is 5.75 Å². The normalized spacial score (nSPS) is 20.9. The van der Waals surface area contributed by atoms with Gasteiger partial charge in [-0.2, -0.15) is 22.0 Å². The molecule has 0 aliphatic heterocycles. The van der Waals surface area contributed by atoms with Gasteiger partial charge in [-0.1, -0.05) is 76.8 Å². The van der Waals surface area contributed by atoms with Crippen molar-refractivity contribution < 1.29 is 26.7 Å². The minimum absolute atomic E-state index is 0.477. The van der Waals surface area contributed by atoms with E-state index in [1.165, 1.54) is 69.9 Å². The molecule has 0 amide bonds. The Hall–Kier alpha value is -1.33. The Kier molecular flexibility index (Phi) is 8.56. The lowest BCUT2D eigenvalue weighted by atomic mass is 9.78. The first-order valence-electron chi connectivity index (χ1n) is 10.4. The Labute approximate surface area is 164 Å². The lowest BCUT2D eigenvalue weighted by Gasteiger charge is -2.28. The molecule has 28 heavy (non-hydrogen) atoms. The maximum atomic E-state index is 12.9. The highest BCUT2D eigenvalue weighted by atomic mass is 19.4. The van der Waals surface area contributed by atoms with E-state index in [0.717, 1.165) is 24.3 Å². The lowest BCUT2D eigenvalue weighted by Crippen LogP contribution is -2.41. The van der Waals surface area contributed by atoms with Crippen molar-refractivity contribution in [3.8, 4) is 5.75 Å². The van der Waals surface area contributed by atoms with Crippen molar-refractivity contribution >= 4 is 0 Å². The molecule has 160 valence electrons. The van der Waals surface area contributed by atoms with Crippen LogP contribution in [0.4, 0.5) is 22.0 Å². The fourth-order valence-corrected chi connectivity index (χ4v) is 3.97. The number of unbranched alkanes of at least 4 members (excludes halogenated alkanes) is 3. The molecule has 0 radical (unpaired) electrons. The zero-order valence-corrected chi connectivity index (χ0v) is 16.5. The average Bonchev–Trinajstić information content (AvgIpc) is 2.64. The van der Waals surface area contributed by atoms with Gasteiger partial charge in [0, 0.05) is 0 Å². The van der Waals surface area contributed by atoms with Gasteiger partial charge in [-0.3, -0.25) is 0 Å². The van der Waals surface area contributed by atoms with Crippen LogP contribution in [-0.4, -0.2) is 12.3 Å². The van der Waals surface area contributed by atoms with Crippen molar-refractivity contribution in [2.75, 3.05) is 0 Å². The largest absolute Gasteiger partial charge is 0.499 e. The molecule has 2 rings (SSSR count). The summed E-state index contributed by atoms with van der Waals surface area (Å²) in [6.45, 7) is 2.23. The number of rotatable bonds is 10. The van der Waals surface area contributed by atoms with E-state index in [1.54, 1.807) is 12.1 Å². The third-order valence-corrected chi connectivity index (χ3v) is 5.77. The second kappa shape index (κ2) is 10.4. The molecular formula is C22H31F5O. The first kappa shape index (κ1) is 23.0. The number of alkyl halides is 5. The zero-order chi connectivity index (χ0) is 20.6. The van der Waals surface area contributed by atoms with Crippen molar-refractivity contribution in [1.82, 2.24) is 0 Å². The van der Waals surface area contributed by atoms with Crippen LogP contribution in [-0.2, 0) is 6.42 Å². The second-order valence-electron chi connectivity index (χ2n) is 8.04. The number of ether oxygens (including phenoxy) is 1. The molecular weight excluding hydrogens is 375 g/mol. The quantitative estimate of drug-likeness (QED) is 0.283. The van der Waals surface area contributed by atoms with Crippen molar-refractivity contribution in [1.29, 1.82) is 0 Å². The highest BCUT2D eigenvalue weighted by molar-refractivity contribution is 5.27. The van der Waals surface area contributed by atoms with Crippen molar-refractivity contribution in [3.05, 3.63) is 29.8 Å². The Morgan fingerprint density at radius 3 is 1.93 bits per heavy atom. The summed E-state index contributed by atoms with van der Waals surface area (Å²) in [6, 6.07) is 5.51. The van der Waals surface area contributed by atoms with Crippen molar-refractivity contribution in [3.63, 3.8) is 0 Å². The van der Waals surface area contributed by atoms with E-state index < -0.39 is 18.0 Å². The molecule has 1 aliphatic rings. The minimum Gasteiger partial charge on any atom is -0.426 e. The van der Waals surface area contributed by atoms with Crippen LogP contribution in [0.15, 0.2) is 24.3 Å². The molecule has 0 N–H and O–H groups in total. The smallest absolute Gasteiger partial charge is 0.426 e. The van der Waals surface area contributed by atoms with Gasteiger partial charge in [0.1, 0.15) is 5.75 Å². The molecule has 6 heteroatoms. The SMILES string of the molecule is CCCCCC[C@H]1CC[C@H](CCc2ccc(OC(F)(F)C(F)(F)F)cc2)CC1. The van der Waals surface area contributed by atoms with E-state index in [0.29, 0.717) is 5.92 Å². The second-order valence-corrected chi connectivity index (χ2v) is 8.04. The summed E-state index contributed by atoms with van der Waals surface area (Å²) in [5.41, 5.74) is 0.935. The maximum Gasteiger partial charge on any atom is 0.499 e. The molecule has 1 aromatic carbocycles. The van der Waals surface area contributed by atoms with Crippen LogP contribution in [0.1, 0.15) is 76.7 Å². The van der Waals surface area contributed by atoms with Crippen molar-refractivity contribution in [2.45, 2.75) is 89.8 Å². The lowest BCUT2D eigenvalue weighted by molar-refractivity contribution is -0.360. The first-order chi connectivity index (χ1) is 13.2. The fourth-order valence-electron chi connectivity index (χ4n) is 3.97. The van der Waals surface area contributed by atoms with E-state index >= 15 is 0 Å². The molecule has 1 aliphatic carbocycles. The van der Waals surface area contributed by atoms with Gasteiger partial charge in [-0.25, -0.2) is 0 Å². The Morgan fingerprint density at radius 2 is 1.39 bits per heavy atom. The molecule has 1 fully saturated rings. The molecule has 0 saturated heterocycles. The predicted octanol–water partition coefficient (Wildman–Crippen LogP) is 7.93. The van der Waals surface area contributed by atoms with E-state index in [2.05, 4.69) is 11.7 Å². The topological polar surface area (TPSA) is 9.23 Å². The Bertz CT molecular complexity index is 559. The maximum absolute atomic E-state index is 12.9. The molecule has 0 unspecified atom stereocenters. The zero-order valence-electron chi connectivity index (χ0n) is 16.5. The Balaban J connectivity index is 1.70. The molecule has 0 atom stereocenters. The third-order valence-electron chi connectivity index (χ3n) is 5.77. The van der Waals surface area contributed by atoms with E-state index in [4.69, 9.17) is 0 Å². The number of halogens is 5. The van der Waals surface area contributed by atoms with E-state index in [-0.39, 0.29) is 0 Å². The van der Waals surface area contributed by atoms with Gasteiger partial charge >= 0.3 is 12.3 Å².